The van der Waals surface area contributed by atoms with Gasteiger partial charge in [0.15, 0.2) is 5.69 Å². The third-order valence-corrected chi connectivity index (χ3v) is 2.07. The smallest absolute Gasteiger partial charge is 0.276 e. The molecule has 1 fully saturated rings. The SMILES string of the molecule is CN(C(=O)c1ccon1)C1CC1. The van der Waals surface area contributed by atoms with E-state index < -0.39 is 0 Å². The standard InChI is InChI=1S/C8H10N2O2/c1-10(6-2-3-6)8(11)7-4-5-12-9-7/h4-6H,2-3H2,1H3. The summed E-state index contributed by atoms with van der Waals surface area (Å²) in [7, 11) is 1.80. The molecule has 1 saturated carbocycles. The molecule has 0 aliphatic heterocycles. The lowest BCUT2D eigenvalue weighted by molar-refractivity contribution is 0.0775. The van der Waals surface area contributed by atoms with Crippen molar-refractivity contribution in [2.75, 3.05) is 7.05 Å². The zero-order valence-electron chi connectivity index (χ0n) is 6.86. The molecule has 1 aromatic heterocycles. The minimum Gasteiger partial charge on any atom is -0.364 e. The summed E-state index contributed by atoms with van der Waals surface area (Å²) in [6, 6.07) is 2.01. The van der Waals surface area contributed by atoms with Crippen LogP contribution in [0, 0.1) is 0 Å². The van der Waals surface area contributed by atoms with Crippen molar-refractivity contribution < 1.29 is 9.32 Å². The van der Waals surface area contributed by atoms with E-state index in [9.17, 15) is 4.79 Å². The monoisotopic (exact) mass is 166 g/mol. The van der Waals surface area contributed by atoms with Gasteiger partial charge in [-0.05, 0) is 12.8 Å². The van der Waals surface area contributed by atoms with Crippen molar-refractivity contribution in [1.29, 1.82) is 0 Å². The average Bonchev–Trinajstić information content (AvgIpc) is 2.79. The third kappa shape index (κ3) is 1.20. The zero-order valence-corrected chi connectivity index (χ0v) is 6.86. The van der Waals surface area contributed by atoms with Crippen LogP contribution in [-0.4, -0.2) is 29.1 Å². The molecule has 1 aliphatic carbocycles. The van der Waals surface area contributed by atoms with Gasteiger partial charge in [0.25, 0.3) is 5.91 Å². The van der Waals surface area contributed by atoms with Gasteiger partial charge in [-0.25, -0.2) is 0 Å². The van der Waals surface area contributed by atoms with Crippen molar-refractivity contribution in [3.8, 4) is 0 Å². The molecule has 0 aromatic carbocycles. The fraction of sp³-hybridized carbons (Fsp3) is 0.500. The first-order valence-corrected chi connectivity index (χ1v) is 3.96. The van der Waals surface area contributed by atoms with Gasteiger partial charge in [0, 0.05) is 19.2 Å². The molecule has 64 valence electrons. The van der Waals surface area contributed by atoms with E-state index in [1.807, 2.05) is 0 Å². The molecule has 4 heteroatoms. The number of amides is 1. The van der Waals surface area contributed by atoms with Crippen molar-refractivity contribution in [3.63, 3.8) is 0 Å². The molecule has 0 N–H and O–H groups in total. The highest BCUT2D eigenvalue weighted by atomic mass is 16.5. The second kappa shape index (κ2) is 2.62. The molecule has 0 spiro atoms. The molecule has 4 nitrogen and oxygen atoms in total. The molecule has 0 unspecified atom stereocenters. The first-order chi connectivity index (χ1) is 5.79. The van der Waals surface area contributed by atoms with Gasteiger partial charge < -0.3 is 9.42 Å². The number of hydrogen-bond donors (Lipinski definition) is 0. The Morgan fingerprint density at radius 2 is 2.50 bits per heavy atom. The van der Waals surface area contributed by atoms with Crippen molar-refractivity contribution in [2.45, 2.75) is 18.9 Å². The predicted octanol–water partition coefficient (Wildman–Crippen LogP) is 0.909. The van der Waals surface area contributed by atoms with E-state index in [2.05, 4.69) is 9.68 Å². The number of nitrogens with zero attached hydrogens (tertiary/aromatic N) is 2. The van der Waals surface area contributed by atoms with Crippen LogP contribution in [0.1, 0.15) is 23.3 Å². The van der Waals surface area contributed by atoms with Crippen LogP contribution in [0.2, 0.25) is 0 Å². The van der Waals surface area contributed by atoms with Gasteiger partial charge in [-0.1, -0.05) is 5.16 Å². The molecule has 1 aromatic rings. The Hall–Kier alpha value is -1.32. The topological polar surface area (TPSA) is 46.3 Å². The summed E-state index contributed by atoms with van der Waals surface area (Å²) in [6.07, 6.45) is 3.63. The number of carbonyl (C=O) groups is 1. The minimum absolute atomic E-state index is 0.0498. The number of rotatable bonds is 2. The molecule has 0 atom stereocenters. The van der Waals surface area contributed by atoms with Gasteiger partial charge in [-0.3, -0.25) is 4.79 Å². The van der Waals surface area contributed by atoms with Crippen LogP contribution in [0.5, 0.6) is 0 Å². The Morgan fingerprint density at radius 1 is 1.75 bits per heavy atom. The number of carbonyl (C=O) groups excluding carboxylic acids is 1. The number of hydrogen-bond acceptors (Lipinski definition) is 3. The Kier molecular flexibility index (Phi) is 1.60. The molecule has 2 rings (SSSR count). The lowest BCUT2D eigenvalue weighted by Crippen LogP contribution is -2.28. The molecule has 1 amide bonds. The molecule has 1 aliphatic rings. The molecule has 0 saturated heterocycles. The summed E-state index contributed by atoms with van der Waals surface area (Å²) >= 11 is 0. The second-order valence-corrected chi connectivity index (χ2v) is 3.03. The lowest BCUT2D eigenvalue weighted by atomic mass is 10.4. The molecule has 0 radical (unpaired) electrons. The van der Waals surface area contributed by atoms with Gasteiger partial charge in [0.1, 0.15) is 6.26 Å². The maximum atomic E-state index is 11.5. The van der Waals surface area contributed by atoms with Crippen LogP contribution in [0.3, 0.4) is 0 Å². The van der Waals surface area contributed by atoms with Gasteiger partial charge in [-0.2, -0.15) is 0 Å². The minimum atomic E-state index is -0.0498. The van der Waals surface area contributed by atoms with Crippen LogP contribution in [-0.2, 0) is 0 Å². The summed E-state index contributed by atoms with van der Waals surface area (Å²) in [5, 5.41) is 3.58. The van der Waals surface area contributed by atoms with E-state index in [1.54, 1.807) is 18.0 Å². The van der Waals surface area contributed by atoms with Crippen LogP contribution in [0.25, 0.3) is 0 Å². The summed E-state index contributed by atoms with van der Waals surface area (Å²) in [4.78, 5) is 13.2. The zero-order chi connectivity index (χ0) is 8.55. The summed E-state index contributed by atoms with van der Waals surface area (Å²) in [6.45, 7) is 0. The fourth-order valence-electron chi connectivity index (χ4n) is 1.13. The lowest BCUT2D eigenvalue weighted by Gasteiger charge is -2.13. The van der Waals surface area contributed by atoms with Crippen LogP contribution < -0.4 is 0 Å². The van der Waals surface area contributed by atoms with Crippen LogP contribution in [0.4, 0.5) is 0 Å². The number of aromatic nitrogens is 1. The van der Waals surface area contributed by atoms with Crippen molar-refractivity contribution in [2.24, 2.45) is 0 Å². The average molecular weight is 166 g/mol. The van der Waals surface area contributed by atoms with Crippen molar-refractivity contribution >= 4 is 5.91 Å². The van der Waals surface area contributed by atoms with E-state index in [0.717, 1.165) is 12.8 Å². The molecule has 0 bridgehead atoms. The van der Waals surface area contributed by atoms with E-state index >= 15 is 0 Å². The van der Waals surface area contributed by atoms with E-state index in [4.69, 9.17) is 0 Å². The Morgan fingerprint density at radius 3 is 3.00 bits per heavy atom. The third-order valence-electron chi connectivity index (χ3n) is 2.07. The summed E-state index contributed by atoms with van der Waals surface area (Å²) in [5.41, 5.74) is 0.393. The first-order valence-electron chi connectivity index (χ1n) is 3.96. The quantitative estimate of drug-likeness (QED) is 0.656. The largest absolute Gasteiger partial charge is 0.364 e. The van der Waals surface area contributed by atoms with Crippen molar-refractivity contribution in [1.82, 2.24) is 10.1 Å². The maximum absolute atomic E-state index is 11.5. The molecule has 12 heavy (non-hydrogen) atoms. The first kappa shape index (κ1) is 7.34. The normalized spacial score (nSPS) is 16.1. The predicted molar refractivity (Wildman–Crippen MR) is 41.6 cm³/mol. The summed E-state index contributed by atoms with van der Waals surface area (Å²) < 4.78 is 4.59. The summed E-state index contributed by atoms with van der Waals surface area (Å²) in [5.74, 6) is -0.0498. The van der Waals surface area contributed by atoms with E-state index in [-0.39, 0.29) is 5.91 Å². The Labute approximate surface area is 70.1 Å². The Balaban J connectivity index is 2.09. The van der Waals surface area contributed by atoms with E-state index in [1.165, 1.54) is 6.26 Å². The van der Waals surface area contributed by atoms with Gasteiger partial charge in [-0.15, -0.1) is 0 Å². The highest BCUT2D eigenvalue weighted by Crippen LogP contribution is 2.26. The molecular formula is C8H10N2O2. The molecular weight excluding hydrogens is 156 g/mol. The van der Waals surface area contributed by atoms with E-state index in [0.29, 0.717) is 11.7 Å². The van der Waals surface area contributed by atoms with Gasteiger partial charge in [0.05, 0.1) is 0 Å². The maximum Gasteiger partial charge on any atom is 0.276 e. The van der Waals surface area contributed by atoms with Crippen molar-refractivity contribution in [3.05, 3.63) is 18.0 Å². The highest BCUT2D eigenvalue weighted by Gasteiger charge is 2.30. The van der Waals surface area contributed by atoms with Crippen LogP contribution in [0.15, 0.2) is 16.9 Å². The van der Waals surface area contributed by atoms with Gasteiger partial charge >= 0.3 is 0 Å². The van der Waals surface area contributed by atoms with Crippen LogP contribution >= 0.6 is 0 Å². The highest BCUT2D eigenvalue weighted by molar-refractivity contribution is 5.92. The second-order valence-electron chi connectivity index (χ2n) is 3.03. The Bertz CT molecular complexity index is 277. The van der Waals surface area contributed by atoms with Gasteiger partial charge in [0.2, 0.25) is 0 Å². The fourth-order valence-corrected chi connectivity index (χ4v) is 1.13. The molecule has 1 heterocycles.